The summed E-state index contributed by atoms with van der Waals surface area (Å²) in [5.74, 6) is 0.852. The minimum atomic E-state index is -0.185. The van der Waals surface area contributed by atoms with E-state index in [1.54, 1.807) is 6.20 Å². The number of ether oxygens (including phenoxy) is 1. The Morgan fingerprint density at radius 3 is 2.64 bits per heavy atom. The maximum atomic E-state index is 6.36. The zero-order chi connectivity index (χ0) is 16.8. The molecule has 5 rings (SSSR count). The number of hydrogen-bond donors (Lipinski definition) is 0. The summed E-state index contributed by atoms with van der Waals surface area (Å²) in [6, 6.07) is 22.4. The molecule has 0 spiro atoms. The Balaban J connectivity index is 1.79. The molecule has 2 aromatic heterocycles. The molecule has 3 nitrogen and oxygen atoms in total. The number of pyridine rings is 2. The molecule has 1 aliphatic rings. The summed E-state index contributed by atoms with van der Waals surface area (Å²) in [5, 5.41) is 1.02. The minimum absolute atomic E-state index is 0.185. The van der Waals surface area contributed by atoms with E-state index in [0.717, 1.165) is 43.6 Å². The molecule has 2 aromatic carbocycles. The van der Waals surface area contributed by atoms with E-state index >= 15 is 0 Å². The van der Waals surface area contributed by atoms with E-state index < -0.39 is 0 Å². The van der Waals surface area contributed by atoms with E-state index in [4.69, 9.17) is 9.72 Å². The highest BCUT2D eigenvalue weighted by Crippen LogP contribution is 2.44. The molecular formula is C21H13BrN2O. The van der Waals surface area contributed by atoms with Crippen molar-refractivity contribution < 1.29 is 4.74 Å². The van der Waals surface area contributed by atoms with Crippen molar-refractivity contribution in [1.29, 1.82) is 0 Å². The van der Waals surface area contributed by atoms with Gasteiger partial charge in [-0.1, -0.05) is 40.2 Å². The Labute approximate surface area is 153 Å². The zero-order valence-electron chi connectivity index (χ0n) is 13.2. The Bertz CT molecular complexity index is 1090. The van der Waals surface area contributed by atoms with Gasteiger partial charge in [0.1, 0.15) is 5.75 Å². The van der Waals surface area contributed by atoms with Crippen molar-refractivity contribution >= 4 is 27.0 Å². The minimum Gasteiger partial charge on any atom is -0.480 e. The van der Waals surface area contributed by atoms with Crippen molar-refractivity contribution in [2.45, 2.75) is 6.10 Å². The van der Waals surface area contributed by atoms with Gasteiger partial charge < -0.3 is 4.74 Å². The molecular weight excluding hydrogens is 376 g/mol. The lowest BCUT2D eigenvalue weighted by Crippen LogP contribution is -2.16. The Morgan fingerprint density at radius 2 is 1.76 bits per heavy atom. The Hall–Kier alpha value is -2.72. The molecule has 1 aliphatic heterocycles. The van der Waals surface area contributed by atoms with E-state index in [1.807, 2.05) is 48.5 Å². The van der Waals surface area contributed by atoms with Gasteiger partial charge in [0, 0.05) is 27.2 Å². The molecule has 4 heteroatoms. The predicted octanol–water partition coefficient (Wildman–Crippen LogP) is 5.54. The van der Waals surface area contributed by atoms with Crippen LogP contribution >= 0.6 is 15.9 Å². The number of rotatable bonds is 1. The quantitative estimate of drug-likeness (QED) is 0.429. The summed E-state index contributed by atoms with van der Waals surface area (Å²) in [5.41, 5.74) is 4.89. The standard InChI is InChI=1S/C21H13BrN2O/c22-15-9-7-13(8-10-15)20-17-12-14-4-3-11-23-21(14)24-19(17)16-5-1-2-6-18(16)25-20/h1-12,20H. The van der Waals surface area contributed by atoms with Crippen LogP contribution in [0.4, 0.5) is 0 Å². The summed E-state index contributed by atoms with van der Waals surface area (Å²) in [6.07, 6.45) is 1.59. The number of benzene rings is 2. The average molecular weight is 389 g/mol. The molecule has 25 heavy (non-hydrogen) atoms. The van der Waals surface area contributed by atoms with Gasteiger partial charge in [0.15, 0.2) is 11.8 Å². The number of fused-ring (bicyclic) bond motifs is 4. The molecule has 0 saturated heterocycles. The zero-order valence-corrected chi connectivity index (χ0v) is 14.8. The lowest BCUT2D eigenvalue weighted by Gasteiger charge is -2.28. The fourth-order valence-corrected chi connectivity index (χ4v) is 3.54. The van der Waals surface area contributed by atoms with Crippen molar-refractivity contribution in [3.8, 4) is 17.0 Å². The summed E-state index contributed by atoms with van der Waals surface area (Å²) in [7, 11) is 0. The van der Waals surface area contributed by atoms with Gasteiger partial charge >= 0.3 is 0 Å². The Morgan fingerprint density at radius 1 is 0.920 bits per heavy atom. The van der Waals surface area contributed by atoms with E-state index in [2.05, 4.69) is 39.1 Å². The molecule has 120 valence electrons. The molecule has 0 aliphatic carbocycles. The first-order chi connectivity index (χ1) is 12.3. The third-order valence-electron chi connectivity index (χ3n) is 4.46. The number of hydrogen-bond acceptors (Lipinski definition) is 3. The third kappa shape index (κ3) is 2.41. The SMILES string of the molecule is Brc1ccc(C2Oc3ccccc3-c3nc4ncccc4cc32)cc1. The normalized spacial score (nSPS) is 15.3. The average Bonchev–Trinajstić information content (AvgIpc) is 2.67. The van der Waals surface area contributed by atoms with Crippen LogP contribution in [0.25, 0.3) is 22.3 Å². The van der Waals surface area contributed by atoms with Gasteiger partial charge in [-0.3, -0.25) is 0 Å². The molecule has 0 saturated carbocycles. The van der Waals surface area contributed by atoms with Crippen molar-refractivity contribution in [3.05, 3.63) is 88.5 Å². The summed E-state index contributed by atoms with van der Waals surface area (Å²) in [4.78, 5) is 9.26. The van der Waals surface area contributed by atoms with Crippen LogP contribution in [0.3, 0.4) is 0 Å². The fraction of sp³-hybridized carbons (Fsp3) is 0.0476. The monoisotopic (exact) mass is 388 g/mol. The van der Waals surface area contributed by atoms with Crippen LogP contribution in [-0.2, 0) is 0 Å². The lowest BCUT2D eigenvalue weighted by atomic mass is 9.92. The van der Waals surface area contributed by atoms with E-state index in [0.29, 0.717) is 0 Å². The second kappa shape index (κ2) is 5.67. The number of nitrogens with zero attached hydrogens (tertiary/aromatic N) is 2. The molecule has 0 radical (unpaired) electrons. The van der Waals surface area contributed by atoms with Crippen LogP contribution in [0, 0.1) is 0 Å². The van der Waals surface area contributed by atoms with Gasteiger partial charge in [-0.2, -0.15) is 0 Å². The molecule has 0 fully saturated rings. The summed E-state index contributed by atoms with van der Waals surface area (Å²) >= 11 is 3.50. The molecule has 1 atom stereocenters. The molecule has 0 bridgehead atoms. The molecule has 0 N–H and O–H groups in total. The van der Waals surface area contributed by atoms with Crippen LogP contribution in [-0.4, -0.2) is 9.97 Å². The lowest BCUT2D eigenvalue weighted by molar-refractivity contribution is 0.243. The Kier molecular flexibility index (Phi) is 3.31. The maximum Gasteiger partial charge on any atom is 0.159 e. The van der Waals surface area contributed by atoms with Crippen LogP contribution in [0.15, 0.2) is 77.4 Å². The van der Waals surface area contributed by atoms with Gasteiger partial charge in [-0.05, 0) is 48.0 Å². The predicted molar refractivity (Wildman–Crippen MR) is 102 cm³/mol. The molecule has 3 heterocycles. The maximum absolute atomic E-state index is 6.36. The first kappa shape index (κ1) is 14.6. The molecule has 4 aromatic rings. The third-order valence-corrected chi connectivity index (χ3v) is 4.99. The summed E-state index contributed by atoms with van der Waals surface area (Å²) < 4.78 is 7.41. The van der Waals surface area contributed by atoms with Gasteiger partial charge in [0.05, 0.1) is 5.69 Å². The highest BCUT2D eigenvalue weighted by Gasteiger charge is 2.29. The molecule has 0 amide bonds. The first-order valence-electron chi connectivity index (χ1n) is 8.07. The van der Waals surface area contributed by atoms with Crippen molar-refractivity contribution in [2.24, 2.45) is 0 Å². The van der Waals surface area contributed by atoms with Gasteiger partial charge in [-0.15, -0.1) is 0 Å². The topological polar surface area (TPSA) is 35.0 Å². The fourth-order valence-electron chi connectivity index (χ4n) is 3.28. The van der Waals surface area contributed by atoms with Crippen LogP contribution in [0.1, 0.15) is 17.2 Å². The van der Waals surface area contributed by atoms with Gasteiger partial charge in [-0.25, -0.2) is 9.97 Å². The highest BCUT2D eigenvalue weighted by atomic mass is 79.9. The number of aromatic nitrogens is 2. The van der Waals surface area contributed by atoms with Crippen LogP contribution < -0.4 is 4.74 Å². The van der Waals surface area contributed by atoms with Crippen molar-refractivity contribution in [3.63, 3.8) is 0 Å². The van der Waals surface area contributed by atoms with Gasteiger partial charge in [0.2, 0.25) is 0 Å². The van der Waals surface area contributed by atoms with Crippen LogP contribution in [0.2, 0.25) is 0 Å². The summed E-state index contributed by atoms with van der Waals surface area (Å²) in [6.45, 7) is 0. The number of halogens is 1. The number of para-hydroxylation sites is 1. The molecule has 1 unspecified atom stereocenters. The second-order valence-electron chi connectivity index (χ2n) is 6.02. The van der Waals surface area contributed by atoms with Crippen LogP contribution in [0.5, 0.6) is 5.75 Å². The first-order valence-corrected chi connectivity index (χ1v) is 8.86. The smallest absolute Gasteiger partial charge is 0.159 e. The van der Waals surface area contributed by atoms with Gasteiger partial charge in [0.25, 0.3) is 0 Å². The van der Waals surface area contributed by atoms with Crippen molar-refractivity contribution in [1.82, 2.24) is 9.97 Å². The van der Waals surface area contributed by atoms with E-state index in [1.165, 1.54) is 0 Å². The second-order valence-corrected chi connectivity index (χ2v) is 6.94. The highest BCUT2D eigenvalue weighted by molar-refractivity contribution is 9.10. The van der Waals surface area contributed by atoms with Crippen molar-refractivity contribution in [2.75, 3.05) is 0 Å². The largest absolute Gasteiger partial charge is 0.480 e. The van der Waals surface area contributed by atoms with E-state index in [-0.39, 0.29) is 6.10 Å². The van der Waals surface area contributed by atoms with E-state index in [9.17, 15) is 0 Å².